The van der Waals surface area contributed by atoms with E-state index in [-0.39, 0.29) is 0 Å². The highest BCUT2D eigenvalue weighted by atomic mass is 16.1. The van der Waals surface area contributed by atoms with E-state index in [0.29, 0.717) is 5.56 Å². The predicted octanol–water partition coefficient (Wildman–Crippen LogP) is 2.70. The molecule has 1 aromatic carbocycles. The number of imidazole rings is 1. The Morgan fingerprint density at radius 1 is 1.29 bits per heavy atom. The topological polar surface area (TPSA) is 34.9 Å². The van der Waals surface area contributed by atoms with E-state index < -0.39 is 0 Å². The summed E-state index contributed by atoms with van der Waals surface area (Å²) in [6, 6.07) is 7.65. The molecule has 0 atom stereocenters. The lowest BCUT2D eigenvalue weighted by Crippen LogP contribution is -2.03. The third kappa shape index (κ3) is 2.81. The zero-order valence-electron chi connectivity index (χ0n) is 9.97. The molecule has 0 aliphatic carbocycles. The maximum absolute atomic E-state index is 10.6. The number of benzene rings is 1. The van der Waals surface area contributed by atoms with Gasteiger partial charge in [-0.05, 0) is 12.0 Å². The summed E-state index contributed by atoms with van der Waals surface area (Å²) in [4.78, 5) is 14.9. The zero-order valence-corrected chi connectivity index (χ0v) is 9.97. The molecule has 0 fully saturated rings. The first kappa shape index (κ1) is 11.6. The molecule has 1 heterocycles. The monoisotopic (exact) mass is 228 g/mol. The standard InChI is InChI=1S/C14H16N2O/c1-2-8-16-9-7-15-14(16)10-12-3-5-13(11-17)6-4-12/h3-7,9,11H,2,8,10H2,1H3. The van der Waals surface area contributed by atoms with Gasteiger partial charge in [-0.25, -0.2) is 4.98 Å². The van der Waals surface area contributed by atoms with Crippen molar-refractivity contribution in [2.45, 2.75) is 26.3 Å². The molecule has 3 nitrogen and oxygen atoms in total. The van der Waals surface area contributed by atoms with Gasteiger partial charge in [-0.3, -0.25) is 4.79 Å². The van der Waals surface area contributed by atoms with Crippen LogP contribution in [-0.4, -0.2) is 15.8 Å². The van der Waals surface area contributed by atoms with Crippen LogP contribution in [0.3, 0.4) is 0 Å². The molecule has 0 N–H and O–H groups in total. The van der Waals surface area contributed by atoms with Crippen LogP contribution in [-0.2, 0) is 13.0 Å². The second-order valence-electron chi connectivity index (χ2n) is 4.07. The van der Waals surface area contributed by atoms with Crippen LogP contribution in [0.5, 0.6) is 0 Å². The van der Waals surface area contributed by atoms with E-state index >= 15 is 0 Å². The molecule has 0 unspecified atom stereocenters. The van der Waals surface area contributed by atoms with Gasteiger partial charge in [-0.2, -0.15) is 0 Å². The summed E-state index contributed by atoms with van der Waals surface area (Å²) in [5, 5.41) is 0. The summed E-state index contributed by atoms with van der Waals surface area (Å²) < 4.78 is 2.17. The Morgan fingerprint density at radius 2 is 2.06 bits per heavy atom. The third-order valence-corrected chi connectivity index (χ3v) is 2.74. The van der Waals surface area contributed by atoms with Gasteiger partial charge >= 0.3 is 0 Å². The molecule has 17 heavy (non-hydrogen) atoms. The zero-order chi connectivity index (χ0) is 12.1. The number of carbonyl (C=O) groups excluding carboxylic acids is 1. The molecular weight excluding hydrogens is 212 g/mol. The van der Waals surface area contributed by atoms with Gasteiger partial charge in [-0.1, -0.05) is 31.2 Å². The summed E-state index contributed by atoms with van der Waals surface area (Å²) in [7, 11) is 0. The van der Waals surface area contributed by atoms with Gasteiger partial charge in [0.05, 0.1) is 0 Å². The first-order valence-corrected chi connectivity index (χ1v) is 5.87. The lowest BCUT2D eigenvalue weighted by Gasteiger charge is -2.06. The van der Waals surface area contributed by atoms with Crippen molar-refractivity contribution in [2.24, 2.45) is 0 Å². The van der Waals surface area contributed by atoms with Crippen molar-refractivity contribution in [3.05, 3.63) is 53.6 Å². The number of aromatic nitrogens is 2. The number of rotatable bonds is 5. The van der Waals surface area contributed by atoms with Crippen molar-refractivity contribution < 1.29 is 4.79 Å². The summed E-state index contributed by atoms with van der Waals surface area (Å²) in [6.45, 7) is 3.16. The Balaban J connectivity index is 2.13. The molecule has 0 bridgehead atoms. The molecule has 2 aromatic rings. The first-order chi connectivity index (χ1) is 8.33. The summed E-state index contributed by atoms with van der Waals surface area (Å²) >= 11 is 0. The van der Waals surface area contributed by atoms with Crippen molar-refractivity contribution in [3.8, 4) is 0 Å². The van der Waals surface area contributed by atoms with Crippen LogP contribution in [0.2, 0.25) is 0 Å². The number of carbonyl (C=O) groups is 1. The van der Waals surface area contributed by atoms with Gasteiger partial charge in [0.25, 0.3) is 0 Å². The number of hydrogen-bond acceptors (Lipinski definition) is 2. The molecule has 2 rings (SSSR count). The first-order valence-electron chi connectivity index (χ1n) is 5.87. The van der Waals surface area contributed by atoms with E-state index in [1.165, 1.54) is 5.56 Å². The highest BCUT2D eigenvalue weighted by Gasteiger charge is 2.03. The van der Waals surface area contributed by atoms with Crippen LogP contribution >= 0.6 is 0 Å². The fourth-order valence-electron chi connectivity index (χ4n) is 1.85. The van der Waals surface area contributed by atoms with E-state index in [2.05, 4.69) is 16.5 Å². The summed E-state index contributed by atoms with van der Waals surface area (Å²) in [5.41, 5.74) is 1.89. The lowest BCUT2D eigenvalue weighted by molar-refractivity contribution is 0.112. The molecule has 0 aliphatic rings. The van der Waals surface area contributed by atoms with Crippen LogP contribution < -0.4 is 0 Å². The van der Waals surface area contributed by atoms with Crippen LogP contribution in [0.15, 0.2) is 36.7 Å². The van der Waals surface area contributed by atoms with Gasteiger partial charge in [0.1, 0.15) is 12.1 Å². The largest absolute Gasteiger partial charge is 0.335 e. The van der Waals surface area contributed by atoms with Crippen LogP contribution in [0.25, 0.3) is 0 Å². The Hall–Kier alpha value is -1.90. The Morgan fingerprint density at radius 3 is 2.71 bits per heavy atom. The fourth-order valence-corrected chi connectivity index (χ4v) is 1.85. The van der Waals surface area contributed by atoms with Crippen molar-refractivity contribution in [3.63, 3.8) is 0 Å². The number of nitrogens with zero attached hydrogens (tertiary/aromatic N) is 2. The van der Waals surface area contributed by atoms with E-state index in [9.17, 15) is 4.79 Å². The highest BCUT2D eigenvalue weighted by Crippen LogP contribution is 2.09. The van der Waals surface area contributed by atoms with Crippen molar-refractivity contribution >= 4 is 6.29 Å². The Kier molecular flexibility index (Phi) is 3.70. The molecule has 0 saturated carbocycles. The van der Waals surface area contributed by atoms with E-state index in [0.717, 1.165) is 31.5 Å². The van der Waals surface area contributed by atoms with Crippen LogP contribution in [0, 0.1) is 0 Å². The molecule has 1 aromatic heterocycles. The number of hydrogen-bond donors (Lipinski definition) is 0. The van der Waals surface area contributed by atoms with E-state index in [1.807, 2.05) is 36.7 Å². The minimum Gasteiger partial charge on any atom is -0.335 e. The van der Waals surface area contributed by atoms with Gasteiger partial charge in [0, 0.05) is 30.9 Å². The van der Waals surface area contributed by atoms with Gasteiger partial charge < -0.3 is 4.57 Å². The normalized spacial score (nSPS) is 10.4. The van der Waals surface area contributed by atoms with E-state index in [4.69, 9.17) is 0 Å². The van der Waals surface area contributed by atoms with Crippen LogP contribution in [0.4, 0.5) is 0 Å². The average Bonchev–Trinajstić information content (AvgIpc) is 2.78. The fraction of sp³-hybridized carbons (Fsp3) is 0.286. The number of aldehydes is 1. The van der Waals surface area contributed by atoms with Gasteiger partial charge in [-0.15, -0.1) is 0 Å². The quantitative estimate of drug-likeness (QED) is 0.737. The minimum atomic E-state index is 0.714. The highest BCUT2D eigenvalue weighted by molar-refractivity contribution is 5.74. The average molecular weight is 228 g/mol. The second kappa shape index (κ2) is 5.43. The number of aryl methyl sites for hydroxylation is 1. The second-order valence-corrected chi connectivity index (χ2v) is 4.07. The predicted molar refractivity (Wildman–Crippen MR) is 67.2 cm³/mol. The molecule has 0 radical (unpaired) electrons. The van der Waals surface area contributed by atoms with Crippen molar-refractivity contribution in [1.82, 2.24) is 9.55 Å². The molecule has 0 spiro atoms. The summed E-state index contributed by atoms with van der Waals surface area (Å²) in [5.74, 6) is 1.07. The van der Waals surface area contributed by atoms with Crippen molar-refractivity contribution in [2.75, 3.05) is 0 Å². The molecule has 0 saturated heterocycles. The molecule has 0 aliphatic heterocycles. The van der Waals surface area contributed by atoms with E-state index in [1.54, 1.807) is 0 Å². The summed E-state index contributed by atoms with van der Waals surface area (Å²) in [6.07, 6.45) is 6.63. The molecule has 0 amide bonds. The maximum Gasteiger partial charge on any atom is 0.150 e. The Labute approximate surface area is 101 Å². The van der Waals surface area contributed by atoms with Gasteiger partial charge in [0.2, 0.25) is 0 Å². The van der Waals surface area contributed by atoms with Gasteiger partial charge in [0.15, 0.2) is 0 Å². The molecule has 88 valence electrons. The molecular formula is C14H16N2O. The third-order valence-electron chi connectivity index (χ3n) is 2.74. The smallest absolute Gasteiger partial charge is 0.150 e. The van der Waals surface area contributed by atoms with Crippen molar-refractivity contribution in [1.29, 1.82) is 0 Å². The Bertz CT molecular complexity index is 485. The molecule has 3 heteroatoms. The maximum atomic E-state index is 10.6. The SMILES string of the molecule is CCCn1ccnc1Cc1ccc(C=O)cc1. The van der Waals surface area contributed by atoms with Crippen LogP contribution in [0.1, 0.15) is 35.1 Å². The minimum absolute atomic E-state index is 0.714. The lowest BCUT2D eigenvalue weighted by atomic mass is 10.1.